The van der Waals surface area contributed by atoms with E-state index in [1.807, 2.05) is 35.3 Å². The Hall–Kier alpha value is -3.50. The summed E-state index contributed by atoms with van der Waals surface area (Å²) >= 11 is 1.27. The molecule has 0 atom stereocenters. The molecule has 0 fully saturated rings. The lowest BCUT2D eigenvalue weighted by atomic mass is 10.1. The van der Waals surface area contributed by atoms with Crippen LogP contribution in [0.25, 0.3) is 10.8 Å². The number of aromatic hydroxyl groups is 1. The zero-order valence-corrected chi connectivity index (χ0v) is 16.9. The van der Waals surface area contributed by atoms with Crippen molar-refractivity contribution in [1.82, 2.24) is 9.97 Å². The zero-order valence-electron chi connectivity index (χ0n) is 15.2. The van der Waals surface area contributed by atoms with E-state index >= 15 is 0 Å². The number of rotatable bonds is 5. The predicted octanol–water partition coefficient (Wildman–Crippen LogP) is 2.87. The fourth-order valence-corrected chi connectivity index (χ4v) is 4.92. The fraction of sp³-hybridized carbons (Fsp3) is 0. The van der Waals surface area contributed by atoms with Crippen LogP contribution in [0.1, 0.15) is 0 Å². The van der Waals surface area contributed by atoms with Crippen LogP contribution in [0.5, 0.6) is 5.75 Å². The van der Waals surface area contributed by atoms with Gasteiger partial charge in [0.1, 0.15) is 5.75 Å². The van der Waals surface area contributed by atoms with E-state index in [4.69, 9.17) is 0 Å². The first-order valence-electron chi connectivity index (χ1n) is 8.67. The average molecular weight is 441 g/mol. The Kier molecular flexibility index (Phi) is 5.10. The molecule has 1 heterocycles. The van der Waals surface area contributed by atoms with Crippen LogP contribution in [-0.4, -0.2) is 23.5 Å². The maximum Gasteiger partial charge on any atom is 0.325 e. The van der Waals surface area contributed by atoms with Crippen molar-refractivity contribution >= 4 is 38.2 Å². The molecular weight excluding hydrogens is 426 g/mol. The van der Waals surface area contributed by atoms with Crippen molar-refractivity contribution in [2.24, 2.45) is 0 Å². The number of phenols is 1. The maximum absolute atomic E-state index is 12.8. The molecule has 152 valence electrons. The second kappa shape index (κ2) is 7.73. The molecule has 0 aliphatic heterocycles. The van der Waals surface area contributed by atoms with Crippen LogP contribution in [0, 0.1) is 0 Å². The van der Waals surface area contributed by atoms with Crippen LogP contribution < -0.4 is 16.0 Å². The van der Waals surface area contributed by atoms with Crippen molar-refractivity contribution in [2.45, 2.75) is 14.7 Å². The number of H-pyrrole nitrogens is 2. The zero-order chi connectivity index (χ0) is 21.3. The lowest BCUT2D eigenvalue weighted by Gasteiger charge is -2.14. The highest BCUT2D eigenvalue weighted by molar-refractivity contribution is 7.99. The Morgan fingerprint density at radius 2 is 1.60 bits per heavy atom. The van der Waals surface area contributed by atoms with Crippen molar-refractivity contribution < 1.29 is 13.5 Å². The summed E-state index contributed by atoms with van der Waals surface area (Å²) in [6.07, 6.45) is 0.839. The number of fused-ring (bicyclic) bond motifs is 1. The smallest absolute Gasteiger partial charge is 0.325 e. The van der Waals surface area contributed by atoms with Crippen LogP contribution in [0.3, 0.4) is 0 Å². The number of nitrogens with one attached hydrogen (secondary N) is 3. The van der Waals surface area contributed by atoms with E-state index in [1.54, 1.807) is 24.3 Å². The summed E-state index contributed by atoms with van der Waals surface area (Å²) in [5.41, 5.74) is -1.66. The van der Waals surface area contributed by atoms with E-state index in [1.165, 1.54) is 17.8 Å². The van der Waals surface area contributed by atoms with Gasteiger partial charge in [0.15, 0.2) is 4.90 Å². The molecule has 10 heteroatoms. The summed E-state index contributed by atoms with van der Waals surface area (Å²) in [6, 6.07) is 17.6. The molecule has 1 aromatic heterocycles. The minimum absolute atomic E-state index is 0.0179. The lowest BCUT2D eigenvalue weighted by molar-refractivity contribution is 0.469. The highest BCUT2D eigenvalue weighted by Gasteiger charge is 2.22. The van der Waals surface area contributed by atoms with Crippen LogP contribution in [0.2, 0.25) is 0 Å². The predicted molar refractivity (Wildman–Crippen MR) is 115 cm³/mol. The molecule has 0 bridgehead atoms. The van der Waals surface area contributed by atoms with Gasteiger partial charge in [0.05, 0.1) is 10.6 Å². The molecular formula is C20H15N3O5S2. The number of hydrogen-bond acceptors (Lipinski definition) is 6. The van der Waals surface area contributed by atoms with Crippen LogP contribution >= 0.6 is 11.8 Å². The molecule has 3 aromatic carbocycles. The molecule has 0 unspecified atom stereocenters. The Morgan fingerprint density at radius 1 is 0.933 bits per heavy atom. The van der Waals surface area contributed by atoms with Gasteiger partial charge in [0.2, 0.25) is 0 Å². The highest BCUT2D eigenvalue weighted by Crippen LogP contribution is 2.42. The summed E-state index contributed by atoms with van der Waals surface area (Å²) in [5.74, 6) is 0.0179. The van der Waals surface area contributed by atoms with Gasteiger partial charge in [-0.2, -0.15) is 0 Å². The maximum atomic E-state index is 12.8. The first-order chi connectivity index (χ1) is 14.3. The first-order valence-corrected chi connectivity index (χ1v) is 11.0. The van der Waals surface area contributed by atoms with Crippen molar-refractivity contribution in [3.63, 3.8) is 0 Å². The van der Waals surface area contributed by atoms with Gasteiger partial charge in [-0.05, 0) is 18.2 Å². The molecule has 30 heavy (non-hydrogen) atoms. The van der Waals surface area contributed by atoms with E-state index in [2.05, 4.69) is 9.71 Å². The third-order valence-electron chi connectivity index (χ3n) is 4.27. The molecule has 0 spiro atoms. The fourth-order valence-electron chi connectivity index (χ4n) is 2.91. The van der Waals surface area contributed by atoms with Crippen LogP contribution in [0.15, 0.2) is 91.1 Å². The molecule has 4 N–H and O–H groups in total. The van der Waals surface area contributed by atoms with Gasteiger partial charge in [0, 0.05) is 21.9 Å². The van der Waals surface area contributed by atoms with E-state index < -0.39 is 26.2 Å². The van der Waals surface area contributed by atoms with Crippen molar-refractivity contribution in [3.05, 3.63) is 87.7 Å². The first kappa shape index (κ1) is 19.8. The number of benzene rings is 3. The van der Waals surface area contributed by atoms with Crippen molar-refractivity contribution in [2.75, 3.05) is 4.72 Å². The Labute approximate surface area is 174 Å². The molecule has 0 saturated heterocycles. The molecule has 4 aromatic rings. The van der Waals surface area contributed by atoms with E-state index in [-0.39, 0.29) is 11.4 Å². The molecule has 8 nitrogen and oxygen atoms in total. The summed E-state index contributed by atoms with van der Waals surface area (Å²) in [4.78, 5) is 27.9. The largest absolute Gasteiger partial charge is 0.506 e. The van der Waals surface area contributed by atoms with Crippen molar-refractivity contribution in [1.29, 1.82) is 0 Å². The van der Waals surface area contributed by atoms with Gasteiger partial charge >= 0.3 is 5.69 Å². The molecule has 0 radical (unpaired) electrons. The normalized spacial score (nSPS) is 11.5. The van der Waals surface area contributed by atoms with Gasteiger partial charge in [-0.25, -0.2) is 13.2 Å². The standard InChI is InChI=1S/C20H15N3O5S2/c24-18-14-9-5-4-8-13(14)15(10-16(18)29-12-6-2-1-3-7-12)23-30(27,28)17-11-21-20(26)22-19(17)25/h1-11,23-24H,(H2,21,22,25,26). The van der Waals surface area contributed by atoms with Crippen LogP contribution in [0.4, 0.5) is 5.69 Å². The number of aromatic amines is 2. The summed E-state index contributed by atoms with van der Waals surface area (Å²) in [6.45, 7) is 0. The Morgan fingerprint density at radius 3 is 2.30 bits per heavy atom. The second-order valence-corrected chi connectivity index (χ2v) is 9.04. The number of anilines is 1. The minimum Gasteiger partial charge on any atom is -0.506 e. The number of aromatic nitrogens is 2. The molecule has 4 rings (SSSR count). The Balaban J connectivity index is 1.84. The molecule has 0 saturated carbocycles. The highest BCUT2D eigenvalue weighted by atomic mass is 32.2. The molecule has 0 aliphatic carbocycles. The third-order valence-corrected chi connectivity index (χ3v) is 6.68. The Bertz CT molecular complexity index is 1460. The van der Waals surface area contributed by atoms with Crippen LogP contribution in [-0.2, 0) is 10.0 Å². The number of sulfonamides is 1. The molecule has 0 aliphatic rings. The quantitative estimate of drug-likeness (QED) is 0.352. The average Bonchev–Trinajstić information content (AvgIpc) is 2.72. The number of phenolic OH excluding ortho intramolecular Hbond substituents is 1. The van der Waals surface area contributed by atoms with E-state index in [0.29, 0.717) is 15.7 Å². The summed E-state index contributed by atoms with van der Waals surface area (Å²) < 4.78 is 28.0. The van der Waals surface area contributed by atoms with Gasteiger partial charge in [0.25, 0.3) is 15.6 Å². The molecule has 0 amide bonds. The SMILES string of the molecule is O=c1[nH]cc(S(=O)(=O)Nc2cc(Sc3ccccc3)c(O)c3ccccc23)c(=O)[nH]1. The van der Waals surface area contributed by atoms with Gasteiger partial charge in [-0.3, -0.25) is 14.5 Å². The van der Waals surface area contributed by atoms with E-state index in [9.17, 15) is 23.1 Å². The summed E-state index contributed by atoms with van der Waals surface area (Å²) in [7, 11) is -4.31. The summed E-state index contributed by atoms with van der Waals surface area (Å²) in [5, 5.41) is 11.6. The van der Waals surface area contributed by atoms with Gasteiger partial charge in [-0.15, -0.1) is 0 Å². The third kappa shape index (κ3) is 3.82. The second-order valence-electron chi connectivity index (χ2n) is 6.27. The van der Waals surface area contributed by atoms with Gasteiger partial charge < -0.3 is 10.1 Å². The number of hydrogen-bond donors (Lipinski definition) is 4. The minimum atomic E-state index is -4.31. The van der Waals surface area contributed by atoms with Crippen molar-refractivity contribution in [3.8, 4) is 5.75 Å². The topological polar surface area (TPSA) is 132 Å². The lowest BCUT2D eigenvalue weighted by Crippen LogP contribution is -2.29. The van der Waals surface area contributed by atoms with E-state index in [0.717, 1.165) is 11.1 Å². The monoisotopic (exact) mass is 441 g/mol. The van der Waals surface area contributed by atoms with Gasteiger partial charge in [-0.1, -0.05) is 54.2 Å².